The minimum Gasteiger partial charge on any atom is -0.399 e. The first kappa shape index (κ1) is 10.5. The lowest BCUT2D eigenvalue weighted by Crippen LogP contribution is -2.12. The van der Waals surface area contributed by atoms with Crippen molar-refractivity contribution in [2.45, 2.75) is 0 Å². The normalized spacial score (nSPS) is 10.1. The SMILES string of the molecule is Nc1ccc(NC(=O)c2ccn[nH]2)c(Cl)c1. The quantitative estimate of drug-likeness (QED) is 0.697. The number of benzene rings is 1. The van der Waals surface area contributed by atoms with E-state index in [9.17, 15) is 4.79 Å². The van der Waals surface area contributed by atoms with E-state index < -0.39 is 0 Å². The summed E-state index contributed by atoms with van der Waals surface area (Å²) in [7, 11) is 0. The Morgan fingerprint density at radius 3 is 2.88 bits per heavy atom. The Bertz CT molecular complexity index is 510. The highest BCUT2D eigenvalue weighted by Gasteiger charge is 2.09. The van der Waals surface area contributed by atoms with E-state index in [0.29, 0.717) is 22.1 Å². The molecule has 4 N–H and O–H groups in total. The number of amides is 1. The van der Waals surface area contributed by atoms with Crippen molar-refractivity contribution in [3.05, 3.63) is 41.2 Å². The zero-order valence-electron chi connectivity index (χ0n) is 8.20. The number of nitrogen functional groups attached to an aromatic ring is 1. The number of anilines is 2. The van der Waals surface area contributed by atoms with Crippen LogP contribution in [-0.4, -0.2) is 16.1 Å². The van der Waals surface area contributed by atoms with E-state index in [1.165, 1.54) is 6.20 Å². The van der Waals surface area contributed by atoms with Gasteiger partial charge in [-0.25, -0.2) is 0 Å². The summed E-state index contributed by atoms with van der Waals surface area (Å²) in [4.78, 5) is 11.6. The molecule has 1 aromatic carbocycles. The number of hydrogen-bond acceptors (Lipinski definition) is 3. The summed E-state index contributed by atoms with van der Waals surface area (Å²) in [5.41, 5.74) is 6.96. The van der Waals surface area contributed by atoms with Crippen molar-refractivity contribution >= 4 is 28.9 Å². The van der Waals surface area contributed by atoms with Crippen LogP contribution in [0.5, 0.6) is 0 Å². The van der Waals surface area contributed by atoms with Crippen LogP contribution >= 0.6 is 11.6 Å². The number of aromatic amines is 1. The topological polar surface area (TPSA) is 83.8 Å². The van der Waals surface area contributed by atoms with Crippen LogP contribution in [0.15, 0.2) is 30.5 Å². The molecule has 1 heterocycles. The minimum absolute atomic E-state index is 0.302. The van der Waals surface area contributed by atoms with E-state index in [0.717, 1.165) is 0 Å². The zero-order chi connectivity index (χ0) is 11.5. The standard InChI is InChI=1S/C10H9ClN4O/c11-7-5-6(12)1-2-8(7)14-10(16)9-3-4-13-15-9/h1-5H,12H2,(H,13,15)(H,14,16). The summed E-state index contributed by atoms with van der Waals surface area (Å²) >= 11 is 5.91. The van der Waals surface area contributed by atoms with Gasteiger partial charge >= 0.3 is 0 Å². The molecule has 2 rings (SSSR count). The molecule has 0 aliphatic rings. The number of halogens is 1. The van der Waals surface area contributed by atoms with Crippen molar-refractivity contribution in [1.29, 1.82) is 0 Å². The molecular weight excluding hydrogens is 228 g/mol. The molecule has 0 aliphatic heterocycles. The van der Waals surface area contributed by atoms with Crippen molar-refractivity contribution in [3.8, 4) is 0 Å². The average Bonchev–Trinajstić information content (AvgIpc) is 2.75. The average molecular weight is 237 g/mol. The Labute approximate surface area is 96.6 Å². The van der Waals surface area contributed by atoms with Crippen LogP contribution in [0, 0.1) is 0 Å². The minimum atomic E-state index is -0.302. The Morgan fingerprint density at radius 2 is 2.25 bits per heavy atom. The smallest absolute Gasteiger partial charge is 0.273 e. The number of aromatic nitrogens is 2. The van der Waals surface area contributed by atoms with Gasteiger partial charge in [-0.1, -0.05) is 11.6 Å². The molecule has 1 aromatic heterocycles. The lowest BCUT2D eigenvalue weighted by molar-refractivity contribution is 0.102. The zero-order valence-corrected chi connectivity index (χ0v) is 8.95. The number of carbonyl (C=O) groups is 1. The van der Waals surface area contributed by atoms with Gasteiger partial charge in [-0.15, -0.1) is 0 Å². The van der Waals surface area contributed by atoms with Crippen LogP contribution in [0.2, 0.25) is 5.02 Å². The van der Waals surface area contributed by atoms with E-state index in [1.54, 1.807) is 24.3 Å². The van der Waals surface area contributed by atoms with Crippen LogP contribution in [0.3, 0.4) is 0 Å². The highest BCUT2D eigenvalue weighted by atomic mass is 35.5. The second-order valence-electron chi connectivity index (χ2n) is 3.16. The number of carbonyl (C=O) groups excluding carboxylic acids is 1. The third-order valence-corrected chi connectivity index (χ3v) is 2.30. The number of nitrogens with one attached hydrogen (secondary N) is 2. The van der Waals surface area contributed by atoms with Crippen molar-refractivity contribution in [3.63, 3.8) is 0 Å². The lowest BCUT2D eigenvalue weighted by atomic mass is 10.2. The molecule has 0 unspecified atom stereocenters. The van der Waals surface area contributed by atoms with Gasteiger partial charge < -0.3 is 11.1 Å². The maximum Gasteiger partial charge on any atom is 0.273 e. The highest BCUT2D eigenvalue weighted by Crippen LogP contribution is 2.24. The largest absolute Gasteiger partial charge is 0.399 e. The fraction of sp³-hybridized carbons (Fsp3) is 0. The van der Waals surface area contributed by atoms with Gasteiger partial charge in [0, 0.05) is 11.9 Å². The molecule has 0 aliphatic carbocycles. The number of rotatable bonds is 2. The molecule has 1 amide bonds. The third kappa shape index (κ3) is 2.14. The summed E-state index contributed by atoms with van der Waals surface area (Å²) in [6.07, 6.45) is 1.50. The van der Waals surface area contributed by atoms with Gasteiger partial charge in [0.2, 0.25) is 0 Å². The number of nitrogens with two attached hydrogens (primary N) is 1. The lowest BCUT2D eigenvalue weighted by Gasteiger charge is -2.06. The van der Waals surface area contributed by atoms with Crippen LogP contribution in [0.4, 0.5) is 11.4 Å². The number of H-pyrrole nitrogens is 1. The Hall–Kier alpha value is -2.01. The molecule has 5 nitrogen and oxygen atoms in total. The maximum absolute atomic E-state index is 11.6. The molecule has 0 saturated heterocycles. The van der Waals surface area contributed by atoms with Gasteiger partial charge in [0.05, 0.1) is 10.7 Å². The Morgan fingerprint density at radius 1 is 1.44 bits per heavy atom. The first-order valence-electron chi connectivity index (χ1n) is 4.52. The molecule has 0 saturated carbocycles. The van der Waals surface area contributed by atoms with E-state index in [-0.39, 0.29) is 5.91 Å². The van der Waals surface area contributed by atoms with Crippen molar-refractivity contribution in [2.24, 2.45) is 0 Å². The van der Waals surface area contributed by atoms with Gasteiger partial charge in [-0.05, 0) is 24.3 Å². The van der Waals surface area contributed by atoms with E-state index in [2.05, 4.69) is 15.5 Å². The van der Waals surface area contributed by atoms with Gasteiger partial charge in [0.15, 0.2) is 0 Å². The first-order chi connectivity index (χ1) is 7.66. The summed E-state index contributed by atoms with van der Waals surface area (Å²) in [6.45, 7) is 0. The summed E-state index contributed by atoms with van der Waals surface area (Å²) in [5, 5.41) is 9.28. The summed E-state index contributed by atoms with van der Waals surface area (Å²) < 4.78 is 0. The molecule has 0 fully saturated rings. The highest BCUT2D eigenvalue weighted by molar-refractivity contribution is 6.34. The molecule has 0 spiro atoms. The van der Waals surface area contributed by atoms with Gasteiger partial charge in [-0.2, -0.15) is 5.10 Å². The first-order valence-corrected chi connectivity index (χ1v) is 4.90. The second-order valence-corrected chi connectivity index (χ2v) is 3.57. The van der Waals surface area contributed by atoms with Crippen LogP contribution < -0.4 is 11.1 Å². The Kier molecular flexibility index (Phi) is 2.78. The Balaban J connectivity index is 2.18. The summed E-state index contributed by atoms with van der Waals surface area (Å²) in [6, 6.07) is 6.45. The van der Waals surface area contributed by atoms with Crippen molar-refractivity contribution < 1.29 is 4.79 Å². The monoisotopic (exact) mass is 236 g/mol. The van der Waals surface area contributed by atoms with E-state index >= 15 is 0 Å². The van der Waals surface area contributed by atoms with Gasteiger partial charge in [0.1, 0.15) is 5.69 Å². The fourth-order valence-corrected chi connectivity index (χ4v) is 1.44. The molecule has 0 atom stereocenters. The summed E-state index contributed by atoms with van der Waals surface area (Å²) in [5.74, 6) is -0.302. The van der Waals surface area contributed by atoms with Crippen LogP contribution in [-0.2, 0) is 0 Å². The molecule has 0 radical (unpaired) electrons. The number of nitrogens with zero attached hydrogens (tertiary/aromatic N) is 1. The van der Waals surface area contributed by atoms with Crippen LogP contribution in [0.25, 0.3) is 0 Å². The molecule has 6 heteroatoms. The van der Waals surface area contributed by atoms with Crippen molar-refractivity contribution in [2.75, 3.05) is 11.1 Å². The van der Waals surface area contributed by atoms with Gasteiger partial charge in [-0.3, -0.25) is 9.89 Å². The van der Waals surface area contributed by atoms with E-state index in [1.807, 2.05) is 0 Å². The third-order valence-electron chi connectivity index (χ3n) is 1.99. The molecular formula is C10H9ClN4O. The fourth-order valence-electron chi connectivity index (χ4n) is 1.20. The molecule has 82 valence electrons. The molecule has 16 heavy (non-hydrogen) atoms. The molecule has 2 aromatic rings. The van der Waals surface area contributed by atoms with Crippen LogP contribution in [0.1, 0.15) is 10.5 Å². The van der Waals surface area contributed by atoms with Crippen molar-refractivity contribution in [1.82, 2.24) is 10.2 Å². The van der Waals surface area contributed by atoms with Gasteiger partial charge in [0.25, 0.3) is 5.91 Å². The predicted octanol–water partition coefficient (Wildman–Crippen LogP) is 1.90. The molecule has 0 bridgehead atoms. The number of hydrogen-bond donors (Lipinski definition) is 3. The maximum atomic E-state index is 11.6. The second kappa shape index (κ2) is 4.24. The predicted molar refractivity (Wildman–Crippen MR) is 62.4 cm³/mol. The van der Waals surface area contributed by atoms with E-state index in [4.69, 9.17) is 17.3 Å².